The Bertz CT molecular complexity index is 460. The van der Waals surface area contributed by atoms with E-state index in [1.807, 2.05) is 5.92 Å². The SMILES string of the molecule is C#C[C@H](Oc1ccc(Br)cc1C=C)C(=O)O. The van der Waals surface area contributed by atoms with Crippen molar-refractivity contribution < 1.29 is 14.6 Å². The zero-order chi connectivity index (χ0) is 12.1. The molecule has 0 radical (unpaired) electrons. The van der Waals surface area contributed by atoms with E-state index in [-0.39, 0.29) is 0 Å². The van der Waals surface area contributed by atoms with Gasteiger partial charge in [0.1, 0.15) is 5.75 Å². The summed E-state index contributed by atoms with van der Waals surface area (Å²) in [5.74, 6) is 1.25. The van der Waals surface area contributed by atoms with E-state index in [0.717, 1.165) is 4.47 Å². The third kappa shape index (κ3) is 2.88. The van der Waals surface area contributed by atoms with Gasteiger partial charge in [-0.3, -0.25) is 0 Å². The van der Waals surface area contributed by atoms with Gasteiger partial charge in [-0.2, -0.15) is 0 Å². The number of rotatable bonds is 4. The zero-order valence-electron chi connectivity index (χ0n) is 8.31. The van der Waals surface area contributed by atoms with Crippen molar-refractivity contribution in [1.82, 2.24) is 0 Å². The molecule has 1 aromatic rings. The Balaban J connectivity index is 3.01. The third-order valence-electron chi connectivity index (χ3n) is 1.81. The summed E-state index contributed by atoms with van der Waals surface area (Å²) < 4.78 is 6.02. The second-order valence-electron chi connectivity index (χ2n) is 2.89. The fourth-order valence-corrected chi connectivity index (χ4v) is 1.45. The van der Waals surface area contributed by atoms with Gasteiger partial charge in [0.15, 0.2) is 0 Å². The van der Waals surface area contributed by atoms with Gasteiger partial charge in [-0.05, 0) is 18.2 Å². The number of carboxylic acid groups (broad SMARTS) is 1. The van der Waals surface area contributed by atoms with Gasteiger partial charge in [0.25, 0.3) is 6.10 Å². The molecule has 1 N–H and O–H groups in total. The molecule has 0 saturated heterocycles. The Morgan fingerprint density at radius 2 is 2.38 bits per heavy atom. The number of hydrogen-bond donors (Lipinski definition) is 1. The lowest BCUT2D eigenvalue weighted by Gasteiger charge is -2.12. The molecule has 16 heavy (non-hydrogen) atoms. The first-order chi connectivity index (χ1) is 7.58. The summed E-state index contributed by atoms with van der Waals surface area (Å²) in [5, 5.41) is 8.75. The zero-order valence-corrected chi connectivity index (χ0v) is 9.90. The van der Waals surface area contributed by atoms with Crippen molar-refractivity contribution in [3.63, 3.8) is 0 Å². The van der Waals surface area contributed by atoms with Gasteiger partial charge in [-0.15, -0.1) is 6.42 Å². The van der Waals surface area contributed by atoms with Crippen molar-refractivity contribution in [3.05, 3.63) is 34.8 Å². The highest BCUT2D eigenvalue weighted by Gasteiger charge is 2.16. The van der Waals surface area contributed by atoms with E-state index in [4.69, 9.17) is 16.3 Å². The van der Waals surface area contributed by atoms with E-state index in [1.165, 1.54) is 0 Å². The van der Waals surface area contributed by atoms with Crippen LogP contribution in [-0.4, -0.2) is 17.2 Å². The van der Waals surface area contributed by atoms with Gasteiger partial charge in [-0.1, -0.05) is 34.5 Å². The van der Waals surface area contributed by atoms with E-state index in [1.54, 1.807) is 24.3 Å². The highest BCUT2D eigenvalue weighted by molar-refractivity contribution is 9.10. The summed E-state index contributed by atoms with van der Waals surface area (Å²) in [6, 6.07) is 5.13. The Labute approximate surface area is 102 Å². The van der Waals surface area contributed by atoms with Crippen LogP contribution in [0.25, 0.3) is 6.08 Å². The van der Waals surface area contributed by atoms with E-state index in [0.29, 0.717) is 11.3 Å². The molecule has 1 rings (SSSR count). The predicted octanol–water partition coefficient (Wildman–Crippen LogP) is 2.56. The van der Waals surface area contributed by atoms with Crippen molar-refractivity contribution in [3.8, 4) is 18.1 Å². The van der Waals surface area contributed by atoms with E-state index in [9.17, 15) is 4.79 Å². The molecule has 0 aromatic heterocycles. The number of ether oxygens (including phenoxy) is 1. The van der Waals surface area contributed by atoms with Gasteiger partial charge in [0.2, 0.25) is 0 Å². The van der Waals surface area contributed by atoms with Crippen LogP contribution < -0.4 is 4.74 Å². The lowest BCUT2D eigenvalue weighted by Crippen LogP contribution is -2.25. The Kier molecular flexibility index (Phi) is 4.15. The van der Waals surface area contributed by atoms with Crippen molar-refractivity contribution in [1.29, 1.82) is 0 Å². The molecular formula is C12H9BrO3. The molecule has 0 bridgehead atoms. The monoisotopic (exact) mass is 280 g/mol. The largest absolute Gasteiger partial charge is 0.478 e. The lowest BCUT2D eigenvalue weighted by atomic mass is 10.2. The molecule has 3 nitrogen and oxygen atoms in total. The fraction of sp³-hybridized carbons (Fsp3) is 0.0833. The fourth-order valence-electron chi connectivity index (χ4n) is 1.07. The second-order valence-corrected chi connectivity index (χ2v) is 3.80. The number of hydrogen-bond acceptors (Lipinski definition) is 2. The molecule has 0 unspecified atom stereocenters. The topological polar surface area (TPSA) is 46.5 Å². The normalized spacial score (nSPS) is 11.2. The highest BCUT2D eigenvalue weighted by Crippen LogP contribution is 2.25. The Hall–Kier alpha value is -1.73. The quantitative estimate of drug-likeness (QED) is 0.863. The van der Waals surface area contributed by atoms with Crippen LogP contribution >= 0.6 is 15.9 Å². The maximum atomic E-state index is 10.7. The van der Waals surface area contributed by atoms with Gasteiger partial charge in [0.05, 0.1) is 0 Å². The van der Waals surface area contributed by atoms with Crippen LogP contribution in [0.3, 0.4) is 0 Å². The minimum Gasteiger partial charge on any atom is -0.478 e. The van der Waals surface area contributed by atoms with Gasteiger partial charge in [-0.25, -0.2) is 4.79 Å². The molecule has 0 saturated carbocycles. The van der Waals surface area contributed by atoms with Crippen molar-refractivity contribution in [2.45, 2.75) is 6.10 Å². The van der Waals surface area contributed by atoms with Crippen LogP contribution in [0.1, 0.15) is 5.56 Å². The summed E-state index contributed by atoms with van der Waals surface area (Å²) >= 11 is 3.29. The number of halogens is 1. The lowest BCUT2D eigenvalue weighted by molar-refractivity contribution is -0.142. The number of carboxylic acids is 1. The summed E-state index contributed by atoms with van der Waals surface area (Å²) in [7, 11) is 0. The Morgan fingerprint density at radius 1 is 1.69 bits per heavy atom. The average Bonchev–Trinajstić information content (AvgIpc) is 2.26. The van der Waals surface area contributed by atoms with Crippen molar-refractivity contribution in [2.24, 2.45) is 0 Å². The van der Waals surface area contributed by atoms with E-state index in [2.05, 4.69) is 22.5 Å². The molecule has 0 amide bonds. The molecule has 1 atom stereocenters. The average molecular weight is 281 g/mol. The number of benzene rings is 1. The minimum atomic E-state index is -1.29. The molecule has 82 valence electrons. The van der Waals surface area contributed by atoms with Crippen molar-refractivity contribution in [2.75, 3.05) is 0 Å². The van der Waals surface area contributed by atoms with Gasteiger partial charge in [0, 0.05) is 10.0 Å². The van der Waals surface area contributed by atoms with E-state index < -0.39 is 12.1 Å². The molecule has 1 aromatic carbocycles. The van der Waals surface area contributed by atoms with Crippen LogP contribution in [0.5, 0.6) is 5.75 Å². The van der Waals surface area contributed by atoms with Crippen LogP contribution in [-0.2, 0) is 4.79 Å². The van der Waals surface area contributed by atoms with Crippen LogP contribution in [0.4, 0.5) is 0 Å². The number of terminal acetylenes is 1. The first-order valence-corrected chi connectivity index (χ1v) is 5.15. The van der Waals surface area contributed by atoms with Crippen LogP contribution in [0, 0.1) is 12.3 Å². The van der Waals surface area contributed by atoms with Crippen LogP contribution in [0.15, 0.2) is 29.3 Å². The van der Waals surface area contributed by atoms with Crippen molar-refractivity contribution >= 4 is 28.0 Å². The van der Waals surface area contributed by atoms with Gasteiger partial charge >= 0.3 is 5.97 Å². The first kappa shape index (κ1) is 12.3. The summed E-state index contributed by atoms with van der Waals surface area (Å²) in [4.78, 5) is 10.7. The summed E-state index contributed by atoms with van der Waals surface area (Å²) in [6.45, 7) is 3.61. The summed E-state index contributed by atoms with van der Waals surface area (Å²) in [5.41, 5.74) is 0.677. The van der Waals surface area contributed by atoms with Crippen LogP contribution in [0.2, 0.25) is 0 Å². The molecule has 0 heterocycles. The molecular weight excluding hydrogens is 272 g/mol. The van der Waals surface area contributed by atoms with Gasteiger partial charge < -0.3 is 9.84 Å². The molecule has 0 spiro atoms. The van der Waals surface area contributed by atoms with E-state index >= 15 is 0 Å². The summed E-state index contributed by atoms with van der Waals surface area (Å²) in [6.07, 6.45) is 5.33. The predicted molar refractivity (Wildman–Crippen MR) is 65.1 cm³/mol. The maximum Gasteiger partial charge on any atom is 0.357 e. The minimum absolute atomic E-state index is 0.392. The maximum absolute atomic E-state index is 10.7. The second kappa shape index (κ2) is 5.38. The standard InChI is InChI=1S/C12H9BrO3/c1-3-8-7-9(13)5-6-11(8)16-10(4-2)12(14)15/h2-3,5-7,10H,1H2,(H,14,15)/t10-/m0/s1. The molecule has 0 aliphatic carbocycles. The number of carbonyl (C=O) groups is 1. The molecule has 4 heteroatoms. The highest BCUT2D eigenvalue weighted by atomic mass is 79.9. The third-order valence-corrected chi connectivity index (χ3v) is 2.31. The smallest absolute Gasteiger partial charge is 0.357 e. The first-order valence-electron chi connectivity index (χ1n) is 4.36. The molecule has 0 fully saturated rings. The number of aliphatic carboxylic acids is 1. The molecule has 0 aliphatic rings. The Morgan fingerprint density at radius 3 is 2.88 bits per heavy atom. The molecule has 0 aliphatic heterocycles.